The second kappa shape index (κ2) is 5.36. The van der Waals surface area contributed by atoms with Crippen LogP contribution >= 0.6 is 0 Å². The number of hydrogen-bond donors (Lipinski definition) is 2. The Hall–Kier alpha value is -1.31. The lowest BCUT2D eigenvalue weighted by molar-refractivity contribution is -0.140. The van der Waals surface area contributed by atoms with Crippen molar-refractivity contribution in [2.45, 2.75) is 38.8 Å². The average molecular weight is 293 g/mol. The van der Waals surface area contributed by atoms with E-state index in [9.17, 15) is 18.0 Å². The summed E-state index contributed by atoms with van der Waals surface area (Å²) in [7, 11) is -3.20. The molecule has 8 heteroatoms. The summed E-state index contributed by atoms with van der Waals surface area (Å²) in [5.74, 6) is -2.14. The Morgan fingerprint density at radius 3 is 2.32 bits per heavy atom. The summed E-state index contributed by atoms with van der Waals surface area (Å²) in [5, 5.41) is 11.3. The van der Waals surface area contributed by atoms with E-state index in [4.69, 9.17) is 9.84 Å². The van der Waals surface area contributed by atoms with Gasteiger partial charge in [-0.3, -0.25) is 0 Å². The van der Waals surface area contributed by atoms with Gasteiger partial charge in [-0.2, -0.15) is 0 Å². The molecule has 0 aromatic heterocycles. The molecule has 110 valence electrons. The number of carboxylic acids is 1. The van der Waals surface area contributed by atoms with E-state index >= 15 is 0 Å². The zero-order valence-corrected chi connectivity index (χ0v) is 12.0. The van der Waals surface area contributed by atoms with E-state index in [1.54, 1.807) is 20.8 Å². The summed E-state index contributed by atoms with van der Waals surface area (Å²) in [6, 6.07) is -1.24. The fourth-order valence-corrected chi connectivity index (χ4v) is 3.74. The maximum Gasteiger partial charge on any atom is 0.408 e. The summed E-state index contributed by atoms with van der Waals surface area (Å²) >= 11 is 0. The molecule has 7 nitrogen and oxygen atoms in total. The molecule has 0 saturated carbocycles. The molecular formula is C11H19NO6S. The van der Waals surface area contributed by atoms with E-state index in [0.717, 1.165) is 0 Å². The highest BCUT2D eigenvalue weighted by Gasteiger charge is 2.38. The number of amides is 1. The van der Waals surface area contributed by atoms with Crippen LogP contribution in [0, 0.1) is 5.92 Å². The number of rotatable bonds is 3. The highest BCUT2D eigenvalue weighted by Crippen LogP contribution is 2.22. The Labute approximate surface area is 112 Å². The molecule has 2 unspecified atom stereocenters. The predicted molar refractivity (Wildman–Crippen MR) is 67.6 cm³/mol. The number of sulfone groups is 1. The Morgan fingerprint density at radius 2 is 1.95 bits per heavy atom. The third kappa shape index (κ3) is 5.06. The topological polar surface area (TPSA) is 110 Å². The van der Waals surface area contributed by atoms with Crippen LogP contribution in [0.4, 0.5) is 4.79 Å². The Kier molecular flexibility index (Phi) is 4.44. The van der Waals surface area contributed by atoms with E-state index in [1.165, 1.54) is 0 Å². The third-order valence-electron chi connectivity index (χ3n) is 2.68. The van der Waals surface area contributed by atoms with E-state index in [-0.39, 0.29) is 17.9 Å². The SMILES string of the molecule is CC(C)(C)OC(=O)NC(C(=O)O)C1CCS(=O)(=O)C1. The van der Waals surface area contributed by atoms with Crippen molar-refractivity contribution in [2.75, 3.05) is 11.5 Å². The smallest absolute Gasteiger partial charge is 0.408 e. The normalized spacial score (nSPS) is 23.6. The quantitative estimate of drug-likeness (QED) is 0.779. The summed E-state index contributed by atoms with van der Waals surface area (Å²) < 4.78 is 27.7. The van der Waals surface area contributed by atoms with Crippen molar-refractivity contribution < 1.29 is 27.9 Å². The molecule has 0 aromatic carbocycles. The molecular weight excluding hydrogens is 274 g/mol. The largest absolute Gasteiger partial charge is 0.480 e. The van der Waals surface area contributed by atoms with Gasteiger partial charge in [-0.25, -0.2) is 18.0 Å². The van der Waals surface area contributed by atoms with E-state index < -0.39 is 39.5 Å². The molecule has 1 aliphatic rings. The van der Waals surface area contributed by atoms with Gasteiger partial charge in [0, 0.05) is 5.92 Å². The lowest BCUT2D eigenvalue weighted by Crippen LogP contribution is -2.48. The van der Waals surface area contributed by atoms with Gasteiger partial charge < -0.3 is 15.2 Å². The van der Waals surface area contributed by atoms with Crippen molar-refractivity contribution in [3.8, 4) is 0 Å². The monoisotopic (exact) mass is 293 g/mol. The van der Waals surface area contributed by atoms with Crippen LogP contribution in [0.15, 0.2) is 0 Å². The molecule has 2 N–H and O–H groups in total. The van der Waals surface area contributed by atoms with Crippen LogP contribution in [0.3, 0.4) is 0 Å². The summed E-state index contributed by atoms with van der Waals surface area (Å²) in [6.45, 7) is 4.97. The standard InChI is InChI=1S/C11H19NO6S/c1-11(2,3)18-10(15)12-8(9(13)14)7-4-5-19(16,17)6-7/h7-8H,4-6H2,1-3H3,(H,12,15)(H,13,14). The highest BCUT2D eigenvalue weighted by molar-refractivity contribution is 7.91. The molecule has 1 amide bonds. The van der Waals surface area contributed by atoms with Crippen molar-refractivity contribution in [3.05, 3.63) is 0 Å². The first-order valence-corrected chi connectivity index (χ1v) is 7.75. The van der Waals surface area contributed by atoms with Crippen LogP contribution in [-0.2, 0) is 19.4 Å². The molecule has 1 fully saturated rings. The second-order valence-corrected chi connectivity index (χ2v) is 7.85. The maximum absolute atomic E-state index is 11.5. The molecule has 19 heavy (non-hydrogen) atoms. The number of aliphatic carboxylic acids is 1. The first-order valence-electron chi connectivity index (χ1n) is 5.93. The van der Waals surface area contributed by atoms with E-state index in [0.29, 0.717) is 0 Å². The van der Waals surface area contributed by atoms with Gasteiger partial charge in [-0.15, -0.1) is 0 Å². The average Bonchev–Trinajstić information content (AvgIpc) is 2.51. The van der Waals surface area contributed by atoms with Crippen LogP contribution in [0.1, 0.15) is 27.2 Å². The van der Waals surface area contributed by atoms with Gasteiger partial charge in [0.05, 0.1) is 11.5 Å². The molecule has 0 spiro atoms. The number of ether oxygens (including phenoxy) is 1. The van der Waals surface area contributed by atoms with Crippen LogP contribution in [0.25, 0.3) is 0 Å². The number of nitrogens with one attached hydrogen (secondary N) is 1. The maximum atomic E-state index is 11.5. The van der Waals surface area contributed by atoms with Gasteiger partial charge in [0.25, 0.3) is 0 Å². The molecule has 0 radical (unpaired) electrons. The minimum Gasteiger partial charge on any atom is -0.480 e. The Balaban J connectivity index is 2.70. The molecule has 1 saturated heterocycles. The zero-order valence-electron chi connectivity index (χ0n) is 11.2. The first kappa shape index (κ1) is 15.7. The molecule has 1 aliphatic heterocycles. The van der Waals surface area contributed by atoms with Crippen LogP contribution in [0.5, 0.6) is 0 Å². The fraction of sp³-hybridized carbons (Fsp3) is 0.818. The first-order chi connectivity index (χ1) is 8.50. The Morgan fingerprint density at radius 1 is 1.37 bits per heavy atom. The number of carbonyl (C=O) groups excluding carboxylic acids is 1. The number of hydrogen-bond acceptors (Lipinski definition) is 5. The molecule has 2 atom stereocenters. The van der Waals surface area contributed by atoms with Gasteiger partial charge in [0.1, 0.15) is 11.6 Å². The summed E-state index contributed by atoms with van der Waals surface area (Å²) in [5.41, 5.74) is -0.741. The predicted octanol–water partition coefficient (Wildman–Crippen LogP) is 0.399. The molecule has 0 bridgehead atoms. The van der Waals surface area contributed by atoms with Crippen molar-refractivity contribution in [3.63, 3.8) is 0 Å². The van der Waals surface area contributed by atoms with Crippen molar-refractivity contribution in [1.29, 1.82) is 0 Å². The van der Waals surface area contributed by atoms with Gasteiger partial charge in [-0.05, 0) is 27.2 Å². The fourth-order valence-electron chi connectivity index (χ4n) is 1.90. The summed E-state index contributed by atoms with van der Waals surface area (Å²) in [6.07, 6.45) is -0.626. The van der Waals surface area contributed by atoms with Crippen LogP contribution in [0.2, 0.25) is 0 Å². The highest BCUT2D eigenvalue weighted by atomic mass is 32.2. The third-order valence-corrected chi connectivity index (χ3v) is 4.47. The van der Waals surface area contributed by atoms with E-state index in [1.807, 2.05) is 0 Å². The van der Waals surface area contributed by atoms with Gasteiger partial charge in [-0.1, -0.05) is 0 Å². The zero-order chi connectivity index (χ0) is 14.8. The number of carbonyl (C=O) groups is 2. The molecule has 0 aliphatic carbocycles. The summed E-state index contributed by atoms with van der Waals surface area (Å²) in [4.78, 5) is 22.7. The van der Waals surface area contributed by atoms with Crippen molar-refractivity contribution in [1.82, 2.24) is 5.32 Å². The minimum absolute atomic E-state index is 0.0442. The van der Waals surface area contributed by atoms with Crippen molar-refractivity contribution >= 4 is 21.9 Å². The molecule has 0 aromatic rings. The van der Waals surface area contributed by atoms with Gasteiger partial charge in [0.2, 0.25) is 0 Å². The van der Waals surface area contributed by atoms with Gasteiger partial charge in [0.15, 0.2) is 9.84 Å². The van der Waals surface area contributed by atoms with Crippen LogP contribution < -0.4 is 5.32 Å². The van der Waals surface area contributed by atoms with Crippen LogP contribution in [-0.4, -0.2) is 48.7 Å². The molecule has 1 rings (SSSR count). The number of carboxylic acid groups (broad SMARTS) is 1. The lowest BCUT2D eigenvalue weighted by Gasteiger charge is -2.24. The van der Waals surface area contributed by atoms with E-state index in [2.05, 4.69) is 5.32 Å². The van der Waals surface area contributed by atoms with Gasteiger partial charge >= 0.3 is 12.1 Å². The van der Waals surface area contributed by atoms with Crippen molar-refractivity contribution in [2.24, 2.45) is 5.92 Å². The lowest BCUT2D eigenvalue weighted by atomic mass is 9.99. The minimum atomic E-state index is -3.20. The second-order valence-electron chi connectivity index (χ2n) is 5.63. The molecule has 1 heterocycles. The Bertz CT molecular complexity index is 464. The number of alkyl carbamates (subject to hydrolysis) is 1.